The van der Waals surface area contributed by atoms with Crippen LogP contribution in [0.3, 0.4) is 0 Å². The molecule has 0 radical (unpaired) electrons. The number of nitro benzene ring substituents is 1. The predicted octanol–water partition coefficient (Wildman–Crippen LogP) is 2.04. The molecule has 0 saturated carbocycles. The summed E-state index contributed by atoms with van der Waals surface area (Å²) >= 11 is 0. The average molecular weight is 275 g/mol. The molecule has 1 heterocycles. The number of nitro groups is 1. The lowest BCUT2D eigenvalue weighted by atomic mass is 10.2. The van der Waals surface area contributed by atoms with Crippen molar-refractivity contribution in [1.29, 1.82) is 0 Å². The minimum atomic E-state index is -0.518. The van der Waals surface area contributed by atoms with Crippen molar-refractivity contribution in [3.63, 3.8) is 0 Å². The van der Waals surface area contributed by atoms with Crippen molar-refractivity contribution in [1.82, 2.24) is 9.78 Å². The van der Waals surface area contributed by atoms with Crippen molar-refractivity contribution in [3.05, 3.63) is 58.4 Å². The van der Waals surface area contributed by atoms with E-state index in [9.17, 15) is 14.9 Å². The van der Waals surface area contributed by atoms with Crippen LogP contribution < -0.4 is 0 Å². The highest BCUT2D eigenvalue weighted by Gasteiger charge is 2.14. The van der Waals surface area contributed by atoms with Gasteiger partial charge >= 0.3 is 5.97 Å². The SMILES string of the molecule is C[C@@H](Cn1cccn1)OC(=O)c1ccc([N+](=O)[O-])cc1. The Morgan fingerprint density at radius 3 is 2.70 bits per heavy atom. The number of nitrogens with zero attached hydrogens (tertiary/aromatic N) is 3. The second-order valence-electron chi connectivity index (χ2n) is 4.25. The van der Waals surface area contributed by atoms with Crippen molar-refractivity contribution in [2.24, 2.45) is 0 Å². The number of aromatic nitrogens is 2. The summed E-state index contributed by atoms with van der Waals surface area (Å²) in [4.78, 5) is 21.8. The summed E-state index contributed by atoms with van der Waals surface area (Å²) in [6.07, 6.45) is 3.07. The molecular weight excluding hydrogens is 262 g/mol. The van der Waals surface area contributed by atoms with E-state index in [1.54, 1.807) is 30.1 Å². The maximum atomic E-state index is 11.8. The summed E-state index contributed by atoms with van der Waals surface area (Å²) in [7, 11) is 0. The van der Waals surface area contributed by atoms with Crippen molar-refractivity contribution in [2.45, 2.75) is 19.6 Å². The van der Waals surface area contributed by atoms with Gasteiger partial charge < -0.3 is 4.74 Å². The maximum Gasteiger partial charge on any atom is 0.338 e. The quantitative estimate of drug-likeness (QED) is 0.473. The third-order valence-electron chi connectivity index (χ3n) is 2.63. The highest BCUT2D eigenvalue weighted by atomic mass is 16.6. The van der Waals surface area contributed by atoms with Crippen LogP contribution in [0.2, 0.25) is 0 Å². The van der Waals surface area contributed by atoms with E-state index in [1.165, 1.54) is 24.3 Å². The molecule has 0 saturated heterocycles. The molecule has 0 amide bonds. The zero-order chi connectivity index (χ0) is 14.5. The number of benzene rings is 1. The zero-order valence-electron chi connectivity index (χ0n) is 10.8. The second kappa shape index (κ2) is 5.96. The first-order chi connectivity index (χ1) is 9.56. The fourth-order valence-electron chi connectivity index (χ4n) is 1.68. The van der Waals surface area contributed by atoms with Gasteiger partial charge in [-0.3, -0.25) is 14.8 Å². The summed E-state index contributed by atoms with van der Waals surface area (Å²) in [5.74, 6) is -0.514. The van der Waals surface area contributed by atoms with Crippen molar-refractivity contribution in [2.75, 3.05) is 0 Å². The Balaban J connectivity index is 1.95. The van der Waals surface area contributed by atoms with Crippen LogP contribution >= 0.6 is 0 Å². The molecule has 0 fully saturated rings. The Bertz CT molecular complexity index is 593. The van der Waals surface area contributed by atoms with E-state index in [0.29, 0.717) is 6.54 Å². The number of carbonyl (C=O) groups is 1. The molecule has 2 aromatic rings. The second-order valence-corrected chi connectivity index (χ2v) is 4.25. The smallest absolute Gasteiger partial charge is 0.338 e. The molecule has 0 aliphatic carbocycles. The first-order valence-corrected chi connectivity index (χ1v) is 5.99. The van der Waals surface area contributed by atoms with Crippen LogP contribution in [0.5, 0.6) is 0 Å². The molecular formula is C13H13N3O4. The molecule has 0 bridgehead atoms. The van der Waals surface area contributed by atoms with Gasteiger partial charge in [0, 0.05) is 24.5 Å². The Morgan fingerprint density at radius 2 is 2.15 bits per heavy atom. The largest absolute Gasteiger partial charge is 0.457 e. The first-order valence-electron chi connectivity index (χ1n) is 5.99. The average Bonchev–Trinajstić information content (AvgIpc) is 2.91. The van der Waals surface area contributed by atoms with Gasteiger partial charge in [0.2, 0.25) is 0 Å². The zero-order valence-corrected chi connectivity index (χ0v) is 10.8. The summed E-state index contributed by atoms with van der Waals surface area (Å²) in [5.41, 5.74) is 0.217. The number of non-ortho nitro benzene ring substituents is 1. The van der Waals surface area contributed by atoms with Crippen LogP contribution in [-0.2, 0) is 11.3 Å². The van der Waals surface area contributed by atoms with Gasteiger partial charge in [0.25, 0.3) is 5.69 Å². The van der Waals surface area contributed by atoms with Crippen LogP contribution in [-0.4, -0.2) is 26.8 Å². The number of esters is 1. The summed E-state index contributed by atoms with van der Waals surface area (Å²) in [6, 6.07) is 7.08. The summed E-state index contributed by atoms with van der Waals surface area (Å²) in [5, 5.41) is 14.5. The van der Waals surface area contributed by atoms with Gasteiger partial charge in [0.05, 0.1) is 17.0 Å². The van der Waals surface area contributed by atoms with E-state index < -0.39 is 10.9 Å². The lowest BCUT2D eigenvalue weighted by molar-refractivity contribution is -0.384. The van der Waals surface area contributed by atoms with E-state index in [2.05, 4.69) is 5.10 Å². The summed E-state index contributed by atoms with van der Waals surface area (Å²) in [6.45, 7) is 2.21. The lowest BCUT2D eigenvalue weighted by Gasteiger charge is -2.13. The molecule has 20 heavy (non-hydrogen) atoms. The number of hydrogen-bond donors (Lipinski definition) is 0. The molecule has 0 aliphatic heterocycles. The Hall–Kier alpha value is -2.70. The topological polar surface area (TPSA) is 87.3 Å². The van der Waals surface area contributed by atoms with Gasteiger partial charge in [-0.2, -0.15) is 5.10 Å². The molecule has 1 aromatic carbocycles. The van der Waals surface area contributed by atoms with E-state index in [4.69, 9.17) is 4.74 Å². The van der Waals surface area contributed by atoms with Crippen molar-refractivity contribution >= 4 is 11.7 Å². The van der Waals surface area contributed by atoms with Gasteiger partial charge in [-0.05, 0) is 25.1 Å². The first kappa shape index (κ1) is 13.7. The van der Waals surface area contributed by atoms with E-state index in [1.807, 2.05) is 0 Å². The Morgan fingerprint density at radius 1 is 1.45 bits per heavy atom. The highest BCUT2D eigenvalue weighted by molar-refractivity contribution is 5.89. The molecule has 7 nitrogen and oxygen atoms in total. The molecule has 1 atom stereocenters. The van der Waals surface area contributed by atoms with Gasteiger partial charge in [0.1, 0.15) is 6.10 Å². The standard InChI is InChI=1S/C13H13N3O4/c1-10(9-15-8-2-7-14-15)20-13(17)11-3-5-12(6-4-11)16(18)19/h2-8,10H,9H2,1H3/t10-/m0/s1. The lowest BCUT2D eigenvalue weighted by Crippen LogP contribution is -2.21. The van der Waals surface area contributed by atoms with Gasteiger partial charge in [-0.1, -0.05) is 0 Å². The van der Waals surface area contributed by atoms with E-state index in [0.717, 1.165) is 0 Å². The molecule has 0 N–H and O–H groups in total. The minimum absolute atomic E-state index is 0.0638. The van der Waals surface area contributed by atoms with E-state index >= 15 is 0 Å². The Labute approximate surface area is 114 Å². The number of hydrogen-bond acceptors (Lipinski definition) is 5. The number of ether oxygens (including phenoxy) is 1. The fraction of sp³-hybridized carbons (Fsp3) is 0.231. The molecule has 0 aliphatic rings. The van der Waals surface area contributed by atoms with Crippen molar-refractivity contribution in [3.8, 4) is 0 Å². The predicted molar refractivity (Wildman–Crippen MR) is 70.2 cm³/mol. The molecule has 7 heteroatoms. The molecule has 0 spiro atoms. The van der Waals surface area contributed by atoms with Gasteiger partial charge in [-0.25, -0.2) is 4.79 Å². The highest BCUT2D eigenvalue weighted by Crippen LogP contribution is 2.13. The normalized spacial score (nSPS) is 11.8. The maximum absolute atomic E-state index is 11.8. The monoisotopic (exact) mass is 275 g/mol. The summed E-state index contributed by atoms with van der Waals surface area (Å²) < 4.78 is 6.90. The van der Waals surface area contributed by atoms with Crippen molar-refractivity contribution < 1.29 is 14.5 Å². The van der Waals surface area contributed by atoms with Crippen LogP contribution in [0.1, 0.15) is 17.3 Å². The third-order valence-corrected chi connectivity index (χ3v) is 2.63. The molecule has 2 rings (SSSR count). The van der Waals surface area contributed by atoms with Crippen LogP contribution in [0.15, 0.2) is 42.7 Å². The van der Waals surface area contributed by atoms with Gasteiger partial charge in [-0.15, -0.1) is 0 Å². The molecule has 1 aromatic heterocycles. The molecule has 104 valence electrons. The Kier molecular flexibility index (Phi) is 4.09. The van der Waals surface area contributed by atoms with Crippen LogP contribution in [0.4, 0.5) is 5.69 Å². The van der Waals surface area contributed by atoms with Crippen LogP contribution in [0.25, 0.3) is 0 Å². The van der Waals surface area contributed by atoms with Gasteiger partial charge in [0.15, 0.2) is 0 Å². The fourth-order valence-corrected chi connectivity index (χ4v) is 1.68. The number of rotatable bonds is 5. The van der Waals surface area contributed by atoms with Crippen LogP contribution in [0, 0.1) is 10.1 Å². The molecule has 0 unspecified atom stereocenters. The minimum Gasteiger partial charge on any atom is -0.457 e. The third kappa shape index (κ3) is 3.41. The number of carbonyl (C=O) groups excluding carboxylic acids is 1. The van der Waals surface area contributed by atoms with E-state index in [-0.39, 0.29) is 17.4 Å².